The Morgan fingerprint density at radius 3 is 2.88 bits per heavy atom. The largest absolute Gasteiger partial charge is 0.477 e. The van der Waals surface area contributed by atoms with E-state index < -0.39 is 5.72 Å². The van der Waals surface area contributed by atoms with Crippen LogP contribution in [0.3, 0.4) is 0 Å². The van der Waals surface area contributed by atoms with Gasteiger partial charge in [0.2, 0.25) is 0 Å². The first kappa shape index (κ1) is 11.3. The Bertz CT molecular complexity index is 410. The van der Waals surface area contributed by atoms with Gasteiger partial charge in [0.25, 0.3) is 0 Å². The summed E-state index contributed by atoms with van der Waals surface area (Å²) in [6.07, 6.45) is 5.46. The van der Waals surface area contributed by atoms with Gasteiger partial charge >= 0.3 is 0 Å². The molecular formula is C14H21NO2. The third-order valence-electron chi connectivity index (χ3n) is 4.36. The van der Waals surface area contributed by atoms with Crippen molar-refractivity contribution >= 4 is 5.78 Å². The van der Waals surface area contributed by atoms with E-state index >= 15 is 0 Å². The molecule has 3 nitrogen and oxygen atoms in total. The van der Waals surface area contributed by atoms with Crippen LogP contribution < -0.4 is 5.73 Å². The highest BCUT2D eigenvalue weighted by molar-refractivity contribution is 5.97. The maximum absolute atomic E-state index is 12.3. The summed E-state index contributed by atoms with van der Waals surface area (Å²) >= 11 is 0. The van der Waals surface area contributed by atoms with E-state index in [4.69, 9.17) is 10.5 Å². The molecule has 0 aromatic carbocycles. The molecule has 3 heteroatoms. The van der Waals surface area contributed by atoms with E-state index in [0.717, 1.165) is 43.4 Å². The molecule has 94 valence electrons. The second-order valence-electron chi connectivity index (χ2n) is 6.74. The van der Waals surface area contributed by atoms with Crippen LogP contribution in [-0.4, -0.2) is 11.5 Å². The van der Waals surface area contributed by atoms with Crippen molar-refractivity contribution < 1.29 is 9.53 Å². The first-order valence-corrected chi connectivity index (χ1v) is 6.63. The average molecular weight is 235 g/mol. The fraction of sp³-hybridized carbons (Fsp3) is 0.786. The van der Waals surface area contributed by atoms with Crippen molar-refractivity contribution in [3.8, 4) is 0 Å². The topological polar surface area (TPSA) is 52.3 Å². The maximum atomic E-state index is 12.3. The molecule has 0 saturated heterocycles. The van der Waals surface area contributed by atoms with Gasteiger partial charge < -0.3 is 4.74 Å². The highest BCUT2D eigenvalue weighted by Gasteiger charge is 2.47. The summed E-state index contributed by atoms with van der Waals surface area (Å²) in [6.45, 7) is 4.26. The highest BCUT2D eigenvalue weighted by atomic mass is 16.5. The zero-order valence-corrected chi connectivity index (χ0v) is 10.7. The zero-order chi connectivity index (χ0) is 12.3. The Balaban J connectivity index is 2.02. The van der Waals surface area contributed by atoms with Gasteiger partial charge in [-0.05, 0) is 24.2 Å². The Morgan fingerprint density at radius 1 is 1.35 bits per heavy atom. The monoisotopic (exact) mass is 235 g/mol. The second kappa shape index (κ2) is 3.35. The van der Waals surface area contributed by atoms with Gasteiger partial charge in [-0.25, -0.2) is 0 Å². The van der Waals surface area contributed by atoms with Crippen LogP contribution in [0.1, 0.15) is 52.4 Å². The Morgan fingerprint density at radius 2 is 2.12 bits per heavy atom. The fourth-order valence-corrected chi connectivity index (χ4v) is 3.68. The van der Waals surface area contributed by atoms with Crippen LogP contribution in [0.15, 0.2) is 11.3 Å². The fourth-order valence-electron chi connectivity index (χ4n) is 3.68. The van der Waals surface area contributed by atoms with Gasteiger partial charge in [-0.3, -0.25) is 10.5 Å². The SMILES string of the molecule is CC1(C)CC(=O)C2=C(C1)O[C@]1(N)CCC[C@@H]2C1. The number of nitrogens with two attached hydrogens (primary N) is 1. The molecule has 2 N–H and O–H groups in total. The molecule has 0 aromatic rings. The minimum Gasteiger partial charge on any atom is -0.477 e. The summed E-state index contributed by atoms with van der Waals surface area (Å²) in [4.78, 5) is 12.3. The summed E-state index contributed by atoms with van der Waals surface area (Å²) in [6, 6.07) is 0. The molecule has 2 bridgehead atoms. The summed E-state index contributed by atoms with van der Waals surface area (Å²) < 4.78 is 5.99. The quantitative estimate of drug-likeness (QED) is 0.702. The number of carbonyl (C=O) groups excluding carboxylic acids is 1. The minimum absolute atomic E-state index is 0.0257. The van der Waals surface area contributed by atoms with Crippen LogP contribution in [0, 0.1) is 11.3 Å². The third kappa shape index (κ3) is 1.81. The standard InChI is InChI=1S/C14H21NO2/c1-13(2)7-10(16)12-9-4-3-5-14(15,6-9)17-11(12)8-13/h9H,3-8,15H2,1-2H3/t9-,14-/m1/s1. The first-order valence-electron chi connectivity index (χ1n) is 6.63. The molecule has 0 amide bonds. The van der Waals surface area contributed by atoms with Crippen LogP contribution in [-0.2, 0) is 9.53 Å². The van der Waals surface area contributed by atoms with Gasteiger partial charge in [0.1, 0.15) is 5.76 Å². The van der Waals surface area contributed by atoms with Gasteiger partial charge in [0.15, 0.2) is 11.5 Å². The molecule has 3 rings (SSSR count). The van der Waals surface area contributed by atoms with Crippen molar-refractivity contribution in [2.24, 2.45) is 17.1 Å². The summed E-state index contributed by atoms with van der Waals surface area (Å²) in [7, 11) is 0. The van der Waals surface area contributed by atoms with Crippen LogP contribution in [0.25, 0.3) is 0 Å². The van der Waals surface area contributed by atoms with Gasteiger partial charge in [0, 0.05) is 31.3 Å². The number of carbonyl (C=O) groups is 1. The van der Waals surface area contributed by atoms with E-state index in [1.54, 1.807) is 0 Å². The average Bonchev–Trinajstić information content (AvgIpc) is 2.12. The molecule has 2 aliphatic carbocycles. The van der Waals surface area contributed by atoms with E-state index in [9.17, 15) is 4.79 Å². The molecule has 1 aliphatic heterocycles. The number of Topliss-reactive ketones (excluding diaryl/α,β-unsaturated/α-hetero) is 1. The predicted octanol–water partition coefficient (Wildman–Crippen LogP) is 2.51. The van der Waals surface area contributed by atoms with Gasteiger partial charge in [-0.1, -0.05) is 13.8 Å². The number of fused-ring (bicyclic) bond motifs is 3. The normalized spacial score (nSPS) is 39.7. The Kier molecular flexibility index (Phi) is 2.22. The van der Waals surface area contributed by atoms with Crippen LogP contribution in [0.4, 0.5) is 0 Å². The lowest BCUT2D eigenvalue weighted by Gasteiger charge is -2.47. The van der Waals surface area contributed by atoms with Gasteiger partial charge in [-0.2, -0.15) is 0 Å². The molecule has 2 atom stereocenters. The number of allylic oxidation sites excluding steroid dienone is 2. The van der Waals surface area contributed by atoms with Crippen molar-refractivity contribution in [1.29, 1.82) is 0 Å². The Hall–Kier alpha value is -0.830. The highest BCUT2D eigenvalue weighted by Crippen LogP contribution is 2.49. The van der Waals surface area contributed by atoms with Crippen molar-refractivity contribution in [3.05, 3.63) is 11.3 Å². The number of rotatable bonds is 0. The summed E-state index contributed by atoms with van der Waals surface area (Å²) in [5.74, 6) is 1.57. The molecular weight excluding hydrogens is 214 g/mol. The third-order valence-corrected chi connectivity index (χ3v) is 4.36. The zero-order valence-electron chi connectivity index (χ0n) is 10.7. The van der Waals surface area contributed by atoms with Crippen molar-refractivity contribution in [3.63, 3.8) is 0 Å². The molecule has 0 unspecified atom stereocenters. The van der Waals surface area contributed by atoms with Crippen molar-refractivity contribution in [2.45, 2.75) is 58.1 Å². The smallest absolute Gasteiger partial charge is 0.163 e. The molecule has 0 radical (unpaired) electrons. The Labute approximate surface area is 102 Å². The van der Waals surface area contributed by atoms with E-state index in [1.807, 2.05) is 0 Å². The molecule has 0 aromatic heterocycles. The van der Waals surface area contributed by atoms with Gasteiger partial charge in [-0.15, -0.1) is 0 Å². The van der Waals surface area contributed by atoms with E-state index in [-0.39, 0.29) is 5.41 Å². The predicted molar refractivity (Wildman–Crippen MR) is 65.0 cm³/mol. The minimum atomic E-state index is -0.491. The molecule has 3 aliphatic rings. The molecule has 1 heterocycles. The van der Waals surface area contributed by atoms with Crippen LogP contribution >= 0.6 is 0 Å². The van der Waals surface area contributed by atoms with Gasteiger partial charge in [0.05, 0.1) is 0 Å². The lowest BCUT2D eigenvalue weighted by Crippen LogP contribution is -2.52. The number of ether oxygens (including phenoxy) is 1. The van der Waals surface area contributed by atoms with Crippen LogP contribution in [0.5, 0.6) is 0 Å². The molecule has 0 spiro atoms. The molecule has 17 heavy (non-hydrogen) atoms. The van der Waals surface area contributed by atoms with E-state index in [0.29, 0.717) is 18.1 Å². The van der Waals surface area contributed by atoms with Crippen LogP contribution in [0.2, 0.25) is 0 Å². The van der Waals surface area contributed by atoms with Crippen molar-refractivity contribution in [2.75, 3.05) is 0 Å². The molecule has 1 fully saturated rings. The van der Waals surface area contributed by atoms with E-state index in [1.165, 1.54) is 0 Å². The summed E-state index contributed by atoms with van der Waals surface area (Å²) in [5.41, 5.74) is 6.79. The van der Waals surface area contributed by atoms with Crippen molar-refractivity contribution in [1.82, 2.24) is 0 Å². The maximum Gasteiger partial charge on any atom is 0.163 e. The number of hydrogen-bond acceptors (Lipinski definition) is 3. The number of ketones is 1. The van der Waals surface area contributed by atoms with E-state index in [2.05, 4.69) is 13.8 Å². The lowest BCUT2D eigenvalue weighted by atomic mass is 9.68. The number of hydrogen-bond donors (Lipinski definition) is 1. The summed E-state index contributed by atoms with van der Waals surface area (Å²) in [5, 5.41) is 0. The first-order chi connectivity index (χ1) is 7.89. The second-order valence-corrected chi connectivity index (χ2v) is 6.74. The lowest BCUT2D eigenvalue weighted by molar-refractivity contribution is -0.124. The molecule has 1 saturated carbocycles.